The number of carbonyl (C=O) groups excluding carboxylic acids is 1. The summed E-state index contributed by atoms with van der Waals surface area (Å²) in [5.41, 5.74) is 6.12. The summed E-state index contributed by atoms with van der Waals surface area (Å²) >= 11 is 1.61. The van der Waals surface area contributed by atoms with Crippen LogP contribution in [0.3, 0.4) is 0 Å². The minimum absolute atomic E-state index is 0.0720. The van der Waals surface area contributed by atoms with Gasteiger partial charge in [0.15, 0.2) is 5.78 Å². The number of furan rings is 1. The molecule has 0 spiro atoms. The van der Waals surface area contributed by atoms with E-state index in [1.165, 1.54) is 0 Å². The van der Waals surface area contributed by atoms with Gasteiger partial charge in [0.1, 0.15) is 5.76 Å². The highest BCUT2D eigenvalue weighted by atomic mass is 32.2. The Morgan fingerprint density at radius 2 is 2.22 bits per heavy atom. The number of nitrogens with two attached hydrogens (primary N) is 1. The predicted molar refractivity (Wildman–Crippen MR) is 98.6 cm³/mol. The molecule has 1 rings (SSSR count). The average Bonchev–Trinajstić information content (AvgIpc) is 2.99. The molecule has 0 aliphatic heterocycles. The maximum absolute atomic E-state index is 12.5. The van der Waals surface area contributed by atoms with Gasteiger partial charge in [-0.15, -0.1) is 11.8 Å². The smallest absolute Gasteiger partial charge is 0.159 e. The molecule has 3 N–H and O–H groups in total. The number of Topliss-reactive ketones (excluding diaryl/α,β-unsaturated/α-hetero) is 1. The van der Waals surface area contributed by atoms with Gasteiger partial charge >= 0.3 is 0 Å². The van der Waals surface area contributed by atoms with Gasteiger partial charge in [0.2, 0.25) is 0 Å². The molecule has 0 aliphatic carbocycles. The lowest BCUT2D eigenvalue weighted by Gasteiger charge is -2.21. The quantitative estimate of drug-likeness (QED) is 0.574. The van der Waals surface area contributed by atoms with Crippen molar-refractivity contribution in [3.05, 3.63) is 24.2 Å². The van der Waals surface area contributed by atoms with Gasteiger partial charge in [0, 0.05) is 12.6 Å². The van der Waals surface area contributed by atoms with Crippen molar-refractivity contribution in [2.75, 3.05) is 12.3 Å². The monoisotopic (exact) mass is 340 g/mol. The Hall–Kier alpha value is -0.780. The van der Waals surface area contributed by atoms with Crippen molar-refractivity contribution < 1.29 is 9.21 Å². The molecule has 0 aliphatic rings. The van der Waals surface area contributed by atoms with Gasteiger partial charge in [0.25, 0.3) is 0 Å². The number of unbranched alkanes of at least 4 members (excludes halogenated alkanes) is 1. The second kappa shape index (κ2) is 11.7. The third-order valence-corrected chi connectivity index (χ3v) is 4.68. The minimum atomic E-state index is -0.0720. The first kappa shape index (κ1) is 20.3. The summed E-state index contributed by atoms with van der Waals surface area (Å²) in [6, 6.07) is 3.86. The highest BCUT2D eigenvalue weighted by Crippen LogP contribution is 2.14. The molecule has 23 heavy (non-hydrogen) atoms. The van der Waals surface area contributed by atoms with Crippen molar-refractivity contribution in [3.8, 4) is 0 Å². The number of rotatable bonds is 13. The molecule has 1 heterocycles. The largest absolute Gasteiger partial charge is 0.468 e. The Balaban J connectivity index is 2.36. The summed E-state index contributed by atoms with van der Waals surface area (Å²) in [5, 5.41) is 3.39. The van der Waals surface area contributed by atoms with Crippen molar-refractivity contribution in [2.24, 2.45) is 11.7 Å². The van der Waals surface area contributed by atoms with Gasteiger partial charge < -0.3 is 15.5 Å². The van der Waals surface area contributed by atoms with E-state index in [1.807, 2.05) is 12.1 Å². The van der Waals surface area contributed by atoms with E-state index >= 15 is 0 Å². The van der Waals surface area contributed by atoms with Crippen LogP contribution in [0.4, 0.5) is 0 Å². The molecule has 2 unspecified atom stereocenters. The van der Waals surface area contributed by atoms with Crippen LogP contribution in [-0.2, 0) is 10.5 Å². The molecule has 0 saturated heterocycles. The van der Waals surface area contributed by atoms with E-state index in [2.05, 4.69) is 26.1 Å². The maximum atomic E-state index is 12.5. The Bertz CT molecular complexity index is 421. The molecule has 0 radical (unpaired) electrons. The molecule has 0 aromatic carbocycles. The first-order valence-electron chi connectivity index (χ1n) is 8.64. The van der Waals surface area contributed by atoms with Crippen LogP contribution in [0.15, 0.2) is 22.8 Å². The van der Waals surface area contributed by atoms with E-state index in [0.29, 0.717) is 18.2 Å². The normalized spacial score (nSPS) is 14.1. The minimum Gasteiger partial charge on any atom is -0.468 e. The maximum Gasteiger partial charge on any atom is 0.159 e. The predicted octanol–water partition coefficient (Wildman–Crippen LogP) is 3.60. The topological polar surface area (TPSA) is 68.3 Å². The van der Waals surface area contributed by atoms with Crippen LogP contribution in [0.1, 0.15) is 52.2 Å². The molecule has 4 nitrogen and oxygen atoms in total. The van der Waals surface area contributed by atoms with Crippen LogP contribution in [0.25, 0.3) is 0 Å². The zero-order valence-corrected chi connectivity index (χ0v) is 15.5. The van der Waals surface area contributed by atoms with Crippen molar-refractivity contribution >= 4 is 17.5 Å². The van der Waals surface area contributed by atoms with Crippen LogP contribution in [0, 0.1) is 5.92 Å². The number of thioether (sulfide) groups is 1. The fraction of sp³-hybridized carbons (Fsp3) is 0.722. The lowest BCUT2D eigenvalue weighted by molar-refractivity contribution is -0.118. The fourth-order valence-corrected chi connectivity index (χ4v) is 3.38. The van der Waals surface area contributed by atoms with Gasteiger partial charge in [-0.05, 0) is 30.9 Å². The molecule has 0 saturated carbocycles. The van der Waals surface area contributed by atoms with Gasteiger partial charge in [-0.2, -0.15) is 0 Å². The Labute approximate surface area is 145 Å². The van der Waals surface area contributed by atoms with E-state index in [0.717, 1.165) is 37.2 Å². The van der Waals surface area contributed by atoms with Crippen molar-refractivity contribution in [3.63, 3.8) is 0 Å². The van der Waals surface area contributed by atoms with E-state index in [1.54, 1.807) is 18.0 Å². The van der Waals surface area contributed by atoms with Gasteiger partial charge in [-0.25, -0.2) is 0 Å². The van der Waals surface area contributed by atoms with Gasteiger partial charge in [0.05, 0.1) is 23.8 Å². The molecule has 0 amide bonds. The summed E-state index contributed by atoms with van der Waals surface area (Å²) in [6.07, 6.45) is 5.70. The molecule has 1 aromatic heterocycles. The summed E-state index contributed by atoms with van der Waals surface area (Å²) < 4.78 is 5.29. The second-order valence-electron chi connectivity index (χ2n) is 6.53. The highest BCUT2D eigenvalue weighted by molar-refractivity contribution is 7.99. The van der Waals surface area contributed by atoms with Crippen LogP contribution >= 0.6 is 11.8 Å². The van der Waals surface area contributed by atoms with Crippen LogP contribution in [0.5, 0.6) is 0 Å². The number of carbonyl (C=O) groups is 1. The first-order valence-corrected chi connectivity index (χ1v) is 9.80. The lowest BCUT2D eigenvalue weighted by Crippen LogP contribution is -2.44. The number of hydrogen-bond acceptors (Lipinski definition) is 5. The van der Waals surface area contributed by atoms with Crippen LogP contribution in [0.2, 0.25) is 0 Å². The molecule has 1 aromatic rings. The van der Waals surface area contributed by atoms with Crippen LogP contribution < -0.4 is 11.1 Å². The van der Waals surface area contributed by atoms with Crippen molar-refractivity contribution in [1.29, 1.82) is 0 Å². The summed E-state index contributed by atoms with van der Waals surface area (Å²) in [7, 11) is 0. The van der Waals surface area contributed by atoms with E-state index in [-0.39, 0.29) is 17.9 Å². The van der Waals surface area contributed by atoms with Crippen molar-refractivity contribution in [2.45, 2.75) is 64.3 Å². The number of hydrogen-bond donors (Lipinski definition) is 2. The standard InChI is InChI=1S/C18H32N2O2S/c1-4-5-8-17(20-11-15(19)10-14(2)3)18(21)13-23-12-16-7-6-9-22-16/h6-7,9,14-15,17,20H,4-5,8,10-13,19H2,1-3H3. The lowest BCUT2D eigenvalue weighted by atomic mass is 10.0. The molecular weight excluding hydrogens is 308 g/mol. The van der Waals surface area contributed by atoms with E-state index < -0.39 is 0 Å². The molecule has 0 fully saturated rings. The zero-order valence-electron chi connectivity index (χ0n) is 14.7. The average molecular weight is 341 g/mol. The van der Waals surface area contributed by atoms with Gasteiger partial charge in [-0.3, -0.25) is 4.79 Å². The van der Waals surface area contributed by atoms with E-state index in [9.17, 15) is 4.79 Å². The molecule has 0 bridgehead atoms. The Kier molecular flexibility index (Phi) is 10.3. The Morgan fingerprint density at radius 1 is 1.43 bits per heavy atom. The molecule has 132 valence electrons. The second-order valence-corrected chi connectivity index (χ2v) is 7.52. The number of ketones is 1. The SMILES string of the molecule is CCCCC(NCC(N)CC(C)C)C(=O)CSCc1ccco1. The molecule has 5 heteroatoms. The summed E-state index contributed by atoms with van der Waals surface area (Å²) in [6.45, 7) is 7.20. The number of nitrogens with one attached hydrogen (secondary N) is 1. The third-order valence-electron chi connectivity index (χ3n) is 3.70. The summed E-state index contributed by atoms with van der Waals surface area (Å²) in [4.78, 5) is 12.5. The molecular formula is C18H32N2O2S. The van der Waals surface area contributed by atoms with Crippen molar-refractivity contribution in [1.82, 2.24) is 5.32 Å². The highest BCUT2D eigenvalue weighted by Gasteiger charge is 2.18. The fourth-order valence-electron chi connectivity index (χ4n) is 2.52. The van der Waals surface area contributed by atoms with E-state index in [4.69, 9.17) is 10.2 Å². The zero-order chi connectivity index (χ0) is 17.1. The molecule has 2 atom stereocenters. The summed E-state index contributed by atoms with van der Waals surface area (Å²) in [5.74, 6) is 3.03. The third kappa shape index (κ3) is 9.18. The first-order chi connectivity index (χ1) is 11.0. The van der Waals surface area contributed by atoms with Gasteiger partial charge in [-0.1, -0.05) is 33.6 Å². The Morgan fingerprint density at radius 3 is 2.83 bits per heavy atom. The van der Waals surface area contributed by atoms with Crippen LogP contribution in [-0.4, -0.2) is 30.2 Å².